The Bertz CT molecular complexity index is 1200. The number of alkyl halides is 1. The molecule has 34 heavy (non-hydrogen) atoms. The van der Waals surface area contributed by atoms with Crippen LogP contribution in [-0.4, -0.2) is 57.2 Å². The van der Waals surface area contributed by atoms with Gasteiger partial charge in [-0.2, -0.15) is 5.10 Å². The van der Waals surface area contributed by atoms with Gasteiger partial charge in [-0.25, -0.2) is 14.9 Å². The van der Waals surface area contributed by atoms with Gasteiger partial charge in [0, 0.05) is 19.0 Å². The number of ether oxygens (including phenoxy) is 1. The molecule has 2 amide bonds. The molecule has 2 aromatic heterocycles. The van der Waals surface area contributed by atoms with E-state index in [1.165, 1.54) is 13.2 Å². The molecule has 4 rings (SSSR count). The first-order valence-electron chi connectivity index (χ1n) is 10.5. The molecule has 1 aliphatic rings. The van der Waals surface area contributed by atoms with Gasteiger partial charge in [0.1, 0.15) is 19.6 Å². The van der Waals surface area contributed by atoms with E-state index in [1.54, 1.807) is 36.3 Å². The summed E-state index contributed by atoms with van der Waals surface area (Å²) < 4.78 is 19.5. The summed E-state index contributed by atoms with van der Waals surface area (Å²) in [5.41, 5.74) is 3.31. The van der Waals surface area contributed by atoms with E-state index in [4.69, 9.17) is 9.57 Å². The van der Waals surface area contributed by atoms with Crippen LogP contribution < -0.4 is 20.9 Å². The van der Waals surface area contributed by atoms with Gasteiger partial charge in [-0.3, -0.25) is 19.1 Å². The average Bonchev–Trinajstić information content (AvgIpc) is 3.60. The molecule has 1 aliphatic carbocycles. The first-order chi connectivity index (χ1) is 16.5. The molecule has 2 heterocycles. The third-order valence-corrected chi connectivity index (χ3v) is 4.88. The fraction of sp³-hybridized carbons (Fsp3) is 0.333. The van der Waals surface area contributed by atoms with Crippen molar-refractivity contribution in [3.05, 3.63) is 36.3 Å². The van der Waals surface area contributed by atoms with Crippen LogP contribution in [-0.2, 0) is 16.7 Å². The average molecular weight is 470 g/mol. The summed E-state index contributed by atoms with van der Waals surface area (Å²) in [5.74, 6) is 0.0922. The SMILES string of the molecule is COc1c(Nc2cc(NC(=O)C3CC3)nnc2C(=O)NOCCF)cccc1-c1ncn(C)n1. The Balaban J connectivity index is 1.68. The molecule has 0 atom stereocenters. The zero-order chi connectivity index (χ0) is 24.1. The molecule has 178 valence electrons. The van der Waals surface area contributed by atoms with Gasteiger partial charge < -0.3 is 15.4 Å². The number of anilines is 3. The second-order valence-corrected chi connectivity index (χ2v) is 7.48. The number of benzene rings is 1. The van der Waals surface area contributed by atoms with E-state index < -0.39 is 12.6 Å². The molecule has 0 radical (unpaired) electrons. The number of methoxy groups -OCH3 is 1. The van der Waals surface area contributed by atoms with Crippen molar-refractivity contribution < 1.29 is 23.6 Å². The number of aromatic nitrogens is 5. The lowest BCUT2D eigenvalue weighted by Crippen LogP contribution is -2.27. The van der Waals surface area contributed by atoms with Gasteiger partial charge in [-0.05, 0) is 25.0 Å². The van der Waals surface area contributed by atoms with Crippen LogP contribution in [0.5, 0.6) is 5.75 Å². The van der Waals surface area contributed by atoms with Gasteiger partial charge in [0.25, 0.3) is 5.91 Å². The Labute approximate surface area is 193 Å². The second-order valence-electron chi connectivity index (χ2n) is 7.48. The van der Waals surface area contributed by atoms with Crippen molar-refractivity contribution in [2.75, 3.05) is 31.0 Å². The normalized spacial score (nSPS) is 12.8. The smallest absolute Gasteiger partial charge is 0.297 e. The van der Waals surface area contributed by atoms with Gasteiger partial charge in [0.05, 0.1) is 24.0 Å². The summed E-state index contributed by atoms with van der Waals surface area (Å²) in [7, 11) is 3.25. The van der Waals surface area contributed by atoms with E-state index in [9.17, 15) is 14.0 Å². The van der Waals surface area contributed by atoms with Crippen molar-refractivity contribution in [3.8, 4) is 17.1 Å². The number of nitrogens with zero attached hydrogens (tertiary/aromatic N) is 5. The van der Waals surface area contributed by atoms with E-state index in [0.717, 1.165) is 12.8 Å². The molecule has 3 N–H and O–H groups in total. The maximum Gasteiger partial charge on any atom is 0.297 e. The molecule has 0 aliphatic heterocycles. The van der Waals surface area contributed by atoms with Crippen LogP contribution in [0.2, 0.25) is 0 Å². The number of hydroxylamine groups is 1. The minimum Gasteiger partial charge on any atom is -0.494 e. The van der Waals surface area contributed by atoms with E-state index >= 15 is 0 Å². The predicted octanol–water partition coefficient (Wildman–Crippen LogP) is 2.00. The van der Waals surface area contributed by atoms with Crippen molar-refractivity contribution in [3.63, 3.8) is 0 Å². The zero-order valence-electron chi connectivity index (χ0n) is 18.5. The Morgan fingerprint density at radius 1 is 1.24 bits per heavy atom. The Kier molecular flexibility index (Phi) is 6.92. The molecule has 3 aromatic rings. The molecule has 0 bridgehead atoms. The molecule has 0 unspecified atom stereocenters. The van der Waals surface area contributed by atoms with Crippen LogP contribution in [0.1, 0.15) is 23.3 Å². The summed E-state index contributed by atoms with van der Waals surface area (Å²) >= 11 is 0. The van der Waals surface area contributed by atoms with Gasteiger partial charge in [-0.15, -0.1) is 10.2 Å². The topological polar surface area (TPSA) is 145 Å². The highest BCUT2D eigenvalue weighted by molar-refractivity contribution is 5.99. The lowest BCUT2D eigenvalue weighted by molar-refractivity contribution is -0.117. The quantitative estimate of drug-likeness (QED) is 0.299. The van der Waals surface area contributed by atoms with Crippen molar-refractivity contribution >= 4 is 29.0 Å². The number of aryl methyl sites for hydroxylation is 1. The summed E-state index contributed by atoms with van der Waals surface area (Å²) in [6.45, 7) is -1.08. The highest BCUT2D eigenvalue weighted by Crippen LogP contribution is 2.37. The van der Waals surface area contributed by atoms with Crippen LogP contribution in [0, 0.1) is 5.92 Å². The van der Waals surface area contributed by atoms with Crippen molar-refractivity contribution in [2.45, 2.75) is 12.8 Å². The van der Waals surface area contributed by atoms with E-state index in [0.29, 0.717) is 22.8 Å². The fourth-order valence-electron chi connectivity index (χ4n) is 3.13. The number of hydrogen-bond donors (Lipinski definition) is 3. The lowest BCUT2D eigenvalue weighted by atomic mass is 10.1. The molecule has 1 aromatic carbocycles. The number of halogens is 1. The second kappa shape index (κ2) is 10.2. The first-order valence-corrected chi connectivity index (χ1v) is 10.5. The summed E-state index contributed by atoms with van der Waals surface area (Å²) in [4.78, 5) is 33.8. The molecule has 0 spiro atoms. The van der Waals surface area contributed by atoms with Gasteiger partial charge in [0.2, 0.25) is 5.91 Å². The maximum absolute atomic E-state index is 12.6. The Morgan fingerprint density at radius 3 is 2.74 bits per heavy atom. The van der Waals surface area contributed by atoms with E-state index in [1.807, 2.05) is 0 Å². The highest BCUT2D eigenvalue weighted by atomic mass is 19.1. The third-order valence-electron chi connectivity index (χ3n) is 4.88. The summed E-state index contributed by atoms with van der Waals surface area (Å²) in [6, 6.07) is 6.77. The largest absolute Gasteiger partial charge is 0.494 e. The summed E-state index contributed by atoms with van der Waals surface area (Å²) in [6.07, 6.45) is 3.21. The zero-order valence-corrected chi connectivity index (χ0v) is 18.5. The molecule has 12 nitrogen and oxygen atoms in total. The minimum absolute atomic E-state index is 0.0436. The monoisotopic (exact) mass is 470 g/mol. The van der Waals surface area contributed by atoms with Crippen LogP contribution >= 0.6 is 0 Å². The Morgan fingerprint density at radius 2 is 2.06 bits per heavy atom. The predicted molar refractivity (Wildman–Crippen MR) is 119 cm³/mol. The van der Waals surface area contributed by atoms with Crippen molar-refractivity contribution in [1.82, 2.24) is 30.4 Å². The van der Waals surface area contributed by atoms with Gasteiger partial charge in [0.15, 0.2) is 23.1 Å². The number of carbonyl (C=O) groups excluding carboxylic acids is 2. The van der Waals surface area contributed by atoms with Crippen LogP contribution in [0.4, 0.5) is 21.6 Å². The first kappa shape index (κ1) is 23.0. The number of nitrogens with one attached hydrogen (secondary N) is 3. The molecule has 1 saturated carbocycles. The van der Waals surface area contributed by atoms with Gasteiger partial charge in [-0.1, -0.05) is 6.07 Å². The third kappa shape index (κ3) is 5.26. The fourth-order valence-corrected chi connectivity index (χ4v) is 3.13. The molecule has 0 saturated heterocycles. The molecular formula is C21H23FN8O4. The highest BCUT2D eigenvalue weighted by Gasteiger charge is 2.30. The van der Waals surface area contributed by atoms with Crippen LogP contribution in [0.25, 0.3) is 11.4 Å². The number of hydrogen-bond acceptors (Lipinski definition) is 9. The molecule has 13 heteroatoms. The summed E-state index contributed by atoms with van der Waals surface area (Å²) in [5, 5.41) is 18.0. The van der Waals surface area contributed by atoms with Crippen LogP contribution in [0.15, 0.2) is 30.6 Å². The number of para-hydroxylation sites is 1. The van der Waals surface area contributed by atoms with Crippen molar-refractivity contribution in [1.29, 1.82) is 0 Å². The number of carbonyl (C=O) groups is 2. The number of rotatable bonds is 10. The van der Waals surface area contributed by atoms with E-state index in [-0.39, 0.29) is 35.6 Å². The maximum atomic E-state index is 12.6. The van der Waals surface area contributed by atoms with Crippen molar-refractivity contribution in [2.24, 2.45) is 13.0 Å². The van der Waals surface area contributed by atoms with Gasteiger partial charge >= 0.3 is 0 Å². The minimum atomic E-state index is -0.769. The van der Waals surface area contributed by atoms with E-state index in [2.05, 4.69) is 36.4 Å². The lowest BCUT2D eigenvalue weighted by Gasteiger charge is -2.16. The standard InChI is InChI=1S/C21H23FN8O4/c1-30-11-23-19(28-30)13-4-3-5-14(18(13)33-2)24-15-10-16(25-20(31)12-6-7-12)26-27-17(15)21(32)29-34-9-8-22/h3-5,10-12H,6-9H2,1-2H3,(H,29,32)(H2,24,25,26,31). The molecular weight excluding hydrogens is 447 g/mol. The molecule has 1 fully saturated rings. The number of amides is 2. The van der Waals surface area contributed by atoms with Crippen LogP contribution in [0.3, 0.4) is 0 Å². The Hall–Kier alpha value is -4.13.